The van der Waals surface area contributed by atoms with Crippen LogP contribution in [0.3, 0.4) is 0 Å². The topological polar surface area (TPSA) is 89.4 Å². The van der Waals surface area contributed by atoms with Crippen molar-refractivity contribution in [3.05, 3.63) is 44.5 Å². The molecule has 7 nitrogen and oxygen atoms in total. The number of rotatable bonds is 4. The van der Waals surface area contributed by atoms with Crippen molar-refractivity contribution in [2.45, 2.75) is 32.6 Å². The van der Waals surface area contributed by atoms with Gasteiger partial charge in [0.1, 0.15) is 5.02 Å². The highest BCUT2D eigenvalue weighted by atomic mass is 35.5. The van der Waals surface area contributed by atoms with E-state index in [4.69, 9.17) is 16.3 Å². The van der Waals surface area contributed by atoms with Crippen molar-refractivity contribution in [3.8, 4) is 0 Å². The number of ether oxygens (including phenoxy) is 1. The van der Waals surface area contributed by atoms with E-state index in [1.807, 2.05) is 0 Å². The SMILES string of the molecule is CCOC(=O)C1=C(Cn2cc(C(F)(F)F)cc(Cl)c2=O)NC(=O)N[C@H]1C. The van der Waals surface area contributed by atoms with Crippen LogP contribution < -0.4 is 16.2 Å². The largest absolute Gasteiger partial charge is 0.463 e. The molecule has 2 heterocycles. The minimum absolute atomic E-state index is 0.00637. The molecule has 0 fully saturated rings. The van der Waals surface area contributed by atoms with Crippen LogP contribution in [0.1, 0.15) is 19.4 Å². The zero-order valence-electron chi connectivity index (χ0n) is 13.7. The Bertz CT molecular complexity index is 832. The zero-order chi connectivity index (χ0) is 19.6. The molecule has 1 aliphatic heterocycles. The molecule has 142 valence electrons. The first-order valence-corrected chi connectivity index (χ1v) is 7.87. The quantitative estimate of drug-likeness (QED) is 0.766. The molecule has 26 heavy (non-hydrogen) atoms. The van der Waals surface area contributed by atoms with Gasteiger partial charge < -0.3 is 19.9 Å². The fourth-order valence-electron chi connectivity index (χ4n) is 2.45. The van der Waals surface area contributed by atoms with E-state index in [-0.39, 0.29) is 17.9 Å². The molecule has 2 amide bonds. The lowest BCUT2D eigenvalue weighted by molar-refractivity contribution is -0.139. The maximum atomic E-state index is 12.9. The Morgan fingerprint density at radius 2 is 2.04 bits per heavy atom. The third-order valence-corrected chi connectivity index (χ3v) is 3.83. The highest BCUT2D eigenvalue weighted by Crippen LogP contribution is 2.30. The van der Waals surface area contributed by atoms with Gasteiger partial charge in [-0.25, -0.2) is 9.59 Å². The Kier molecular flexibility index (Phi) is 5.65. The van der Waals surface area contributed by atoms with Gasteiger partial charge in [0.05, 0.1) is 36.0 Å². The minimum Gasteiger partial charge on any atom is -0.463 e. The highest BCUT2D eigenvalue weighted by molar-refractivity contribution is 6.30. The Balaban J connectivity index is 2.54. The first-order valence-electron chi connectivity index (χ1n) is 7.49. The van der Waals surface area contributed by atoms with Gasteiger partial charge in [-0.1, -0.05) is 11.6 Å². The summed E-state index contributed by atoms with van der Waals surface area (Å²) in [6.07, 6.45) is -4.15. The number of allylic oxidation sites excluding steroid dienone is 1. The lowest BCUT2D eigenvalue weighted by atomic mass is 10.0. The number of carbonyl (C=O) groups excluding carboxylic acids is 2. The van der Waals surface area contributed by atoms with Gasteiger partial charge in [0.25, 0.3) is 5.56 Å². The van der Waals surface area contributed by atoms with Crippen LogP contribution in [0.4, 0.5) is 18.0 Å². The van der Waals surface area contributed by atoms with Crippen LogP contribution in [0.15, 0.2) is 28.3 Å². The second-order valence-electron chi connectivity index (χ2n) is 5.44. The summed E-state index contributed by atoms with van der Waals surface area (Å²) in [4.78, 5) is 35.9. The molecule has 0 spiro atoms. The molecule has 1 aromatic heterocycles. The van der Waals surface area contributed by atoms with Crippen LogP contribution in [0.2, 0.25) is 5.02 Å². The lowest BCUT2D eigenvalue weighted by Gasteiger charge is -2.27. The fourth-order valence-corrected chi connectivity index (χ4v) is 2.67. The molecule has 0 aliphatic carbocycles. The normalized spacial score (nSPS) is 17.6. The molecule has 1 atom stereocenters. The molecule has 0 saturated heterocycles. The van der Waals surface area contributed by atoms with Gasteiger partial charge in [0, 0.05) is 6.20 Å². The van der Waals surface area contributed by atoms with E-state index >= 15 is 0 Å². The summed E-state index contributed by atoms with van der Waals surface area (Å²) in [6.45, 7) is 2.65. The van der Waals surface area contributed by atoms with Crippen molar-refractivity contribution in [1.82, 2.24) is 15.2 Å². The van der Waals surface area contributed by atoms with Gasteiger partial charge >= 0.3 is 18.2 Å². The standard InChI is InChI=1S/C15H15ClF3N3O4/c1-3-26-13(24)11-7(2)20-14(25)21-10(11)6-22-5-8(15(17,18)19)4-9(16)12(22)23/h4-5,7H,3,6H2,1-2H3,(H2,20,21,25)/t7-/m0/s1. The number of pyridine rings is 1. The number of amides is 2. The van der Waals surface area contributed by atoms with Crippen LogP contribution in [0.25, 0.3) is 0 Å². The van der Waals surface area contributed by atoms with Gasteiger partial charge in [-0.2, -0.15) is 13.2 Å². The Morgan fingerprint density at radius 3 is 2.62 bits per heavy atom. The molecule has 0 radical (unpaired) electrons. The Morgan fingerprint density at radius 1 is 1.38 bits per heavy atom. The predicted octanol–water partition coefficient (Wildman–Crippen LogP) is 2.04. The van der Waals surface area contributed by atoms with Crippen molar-refractivity contribution in [2.75, 3.05) is 6.61 Å². The fraction of sp³-hybridized carbons (Fsp3) is 0.400. The maximum absolute atomic E-state index is 12.9. The molecule has 1 aromatic rings. The van der Waals surface area contributed by atoms with E-state index in [2.05, 4.69) is 10.6 Å². The van der Waals surface area contributed by atoms with Crippen LogP contribution in [0, 0.1) is 0 Å². The summed E-state index contributed by atoms with van der Waals surface area (Å²) in [5.41, 5.74) is -2.06. The molecule has 2 rings (SSSR count). The number of nitrogens with zero attached hydrogens (tertiary/aromatic N) is 1. The van der Waals surface area contributed by atoms with Gasteiger partial charge in [-0.15, -0.1) is 0 Å². The second kappa shape index (κ2) is 7.40. The number of hydrogen-bond donors (Lipinski definition) is 2. The Hall–Kier alpha value is -2.49. The number of alkyl halides is 3. The van der Waals surface area contributed by atoms with Crippen LogP contribution in [-0.2, 0) is 22.3 Å². The van der Waals surface area contributed by atoms with Gasteiger partial charge in [-0.05, 0) is 19.9 Å². The molecule has 2 N–H and O–H groups in total. The summed E-state index contributed by atoms with van der Waals surface area (Å²) in [5.74, 6) is -0.756. The molecular formula is C15H15ClF3N3O4. The summed E-state index contributed by atoms with van der Waals surface area (Å²) in [5, 5.41) is 4.15. The van der Waals surface area contributed by atoms with Crippen LogP contribution >= 0.6 is 11.6 Å². The molecule has 1 aliphatic rings. The number of carbonyl (C=O) groups is 2. The average Bonchev–Trinajstić information content (AvgIpc) is 2.50. The second-order valence-corrected chi connectivity index (χ2v) is 5.85. The van der Waals surface area contributed by atoms with Crippen molar-refractivity contribution in [3.63, 3.8) is 0 Å². The summed E-state index contributed by atoms with van der Waals surface area (Å²) in [7, 11) is 0. The van der Waals surface area contributed by atoms with Crippen LogP contribution in [-0.4, -0.2) is 29.2 Å². The number of urea groups is 1. The van der Waals surface area contributed by atoms with E-state index in [0.29, 0.717) is 16.8 Å². The zero-order valence-corrected chi connectivity index (χ0v) is 14.5. The smallest absolute Gasteiger partial charge is 0.417 e. The minimum atomic E-state index is -4.72. The number of esters is 1. The number of halogens is 4. The monoisotopic (exact) mass is 393 g/mol. The summed E-state index contributed by atoms with van der Waals surface area (Å²) in [6, 6.07) is -0.897. The Labute approximate surface area is 150 Å². The summed E-state index contributed by atoms with van der Waals surface area (Å²) < 4.78 is 44.4. The molecule has 11 heteroatoms. The average molecular weight is 394 g/mol. The van der Waals surface area contributed by atoms with Gasteiger partial charge in [0.2, 0.25) is 0 Å². The van der Waals surface area contributed by atoms with Crippen molar-refractivity contribution in [2.24, 2.45) is 0 Å². The van der Waals surface area contributed by atoms with E-state index in [1.165, 1.54) is 6.92 Å². The van der Waals surface area contributed by atoms with E-state index in [9.17, 15) is 27.6 Å². The van der Waals surface area contributed by atoms with Crippen molar-refractivity contribution >= 4 is 23.6 Å². The lowest BCUT2D eigenvalue weighted by Crippen LogP contribution is -2.50. The molecule has 0 saturated carbocycles. The number of aromatic nitrogens is 1. The molecule has 0 unspecified atom stereocenters. The van der Waals surface area contributed by atoms with E-state index in [0.717, 1.165) is 0 Å². The maximum Gasteiger partial charge on any atom is 0.417 e. The molecule has 0 aromatic carbocycles. The van der Waals surface area contributed by atoms with E-state index < -0.39 is 46.9 Å². The number of nitrogens with one attached hydrogen (secondary N) is 2. The third kappa shape index (κ3) is 4.18. The number of hydrogen-bond acceptors (Lipinski definition) is 4. The predicted molar refractivity (Wildman–Crippen MR) is 85.5 cm³/mol. The van der Waals surface area contributed by atoms with E-state index in [1.54, 1.807) is 6.92 Å². The summed E-state index contributed by atoms with van der Waals surface area (Å²) >= 11 is 5.61. The van der Waals surface area contributed by atoms with Crippen molar-refractivity contribution < 1.29 is 27.5 Å². The highest BCUT2D eigenvalue weighted by Gasteiger charge is 2.33. The van der Waals surface area contributed by atoms with Crippen molar-refractivity contribution in [1.29, 1.82) is 0 Å². The van der Waals surface area contributed by atoms with Gasteiger partial charge in [0.15, 0.2) is 0 Å². The first-order chi connectivity index (χ1) is 12.0. The van der Waals surface area contributed by atoms with Gasteiger partial charge in [-0.3, -0.25) is 4.79 Å². The van der Waals surface area contributed by atoms with Crippen LogP contribution in [0.5, 0.6) is 0 Å². The third-order valence-electron chi connectivity index (χ3n) is 3.56. The first kappa shape index (κ1) is 19.8. The molecular weight excluding hydrogens is 379 g/mol. The molecule has 0 bridgehead atoms.